The molecule has 4 rings (SSSR count). The highest BCUT2D eigenvalue weighted by atomic mass is 19.4. The first-order valence-electron chi connectivity index (χ1n) is 10.9. The van der Waals surface area contributed by atoms with Crippen molar-refractivity contribution in [3.05, 3.63) is 29.3 Å². The molecule has 6 nitrogen and oxygen atoms in total. The Balaban J connectivity index is 1.35. The number of carbonyl (C=O) groups excluding carboxylic acids is 1. The molecule has 0 aliphatic carbocycles. The quantitative estimate of drug-likeness (QED) is 0.715. The topological polar surface area (TPSA) is 45.2 Å². The van der Waals surface area contributed by atoms with Crippen LogP contribution in [0, 0.1) is 6.92 Å². The van der Waals surface area contributed by atoms with E-state index in [4.69, 9.17) is 4.74 Å². The van der Waals surface area contributed by atoms with Gasteiger partial charge < -0.3 is 19.3 Å². The Hall–Kier alpha value is -2.00. The van der Waals surface area contributed by atoms with Gasteiger partial charge in [-0.15, -0.1) is 0 Å². The molecule has 9 heteroatoms. The van der Waals surface area contributed by atoms with E-state index in [9.17, 15) is 18.0 Å². The smallest absolute Gasteiger partial charge is 0.425 e. The molecule has 2 bridgehead atoms. The number of ether oxygens (including phenoxy) is 2. The number of piperazine rings is 1. The standard InChI is InChI=1S/C22H30F3N3O3/c1-15-3-4-17(20(11-15)28-13-18-5-6-19(14-28)31-18)12-26-7-9-27(10-8-26)21(29)30-16(2)22(23,24)25/h3-4,11,16,18-19H,5-10,12-14H2,1-2H3. The van der Waals surface area contributed by atoms with Crippen LogP contribution >= 0.6 is 0 Å². The number of aryl methyl sites for hydroxylation is 1. The van der Waals surface area contributed by atoms with Gasteiger partial charge in [0.2, 0.25) is 0 Å². The number of halogens is 3. The summed E-state index contributed by atoms with van der Waals surface area (Å²) < 4.78 is 48.5. The summed E-state index contributed by atoms with van der Waals surface area (Å²) in [4.78, 5) is 18.1. The Kier molecular flexibility index (Phi) is 6.35. The summed E-state index contributed by atoms with van der Waals surface area (Å²) in [5.74, 6) is 0. The first kappa shape index (κ1) is 22.2. The highest BCUT2D eigenvalue weighted by Crippen LogP contribution is 2.32. The summed E-state index contributed by atoms with van der Waals surface area (Å²) in [7, 11) is 0. The molecule has 0 aromatic heterocycles. The van der Waals surface area contributed by atoms with Crippen LogP contribution in [0.4, 0.5) is 23.7 Å². The van der Waals surface area contributed by atoms with E-state index in [0.29, 0.717) is 38.4 Å². The Bertz CT molecular complexity index is 784. The number of hydrogen-bond acceptors (Lipinski definition) is 5. The number of morpholine rings is 1. The fraction of sp³-hybridized carbons (Fsp3) is 0.682. The van der Waals surface area contributed by atoms with Gasteiger partial charge in [-0.1, -0.05) is 12.1 Å². The van der Waals surface area contributed by atoms with Crippen LogP contribution in [0.25, 0.3) is 0 Å². The fourth-order valence-corrected chi connectivity index (χ4v) is 4.54. The summed E-state index contributed by atoms with van der Waals surface area (Å²) in [6.45, 7) is 7.39. The molecule has 0 radical (unpaired) electrons. The number of benzene rings is 1. The third kappa shape index (κ3) is 5.26. The monoisotopic (exact) mass is 441 g/mol. The van der Waals surface area contributed by atoms with Crippen molar-refractivity contribution in [3.63, 3.8) is 0 Å². The fourth-order valence-electron chi connectivity index (χ4n) is 4.54. The van der Waals surface area contributed by atoms with E-state index in [2.05, 4.69) is 39.7 Å². The van der Waals surface area contributed by atoms with Crippen LogP contribution < -0.4 is 4.90 Å². The van der Waals surface area contributed by atoms with Crippen molar-refractivity contribution < 1.29 is 27.4 Å². The number of hydrogen-bond donors (Lipinski definition) is 0. The van der Waals surface area contributed by atoms with Crippen LogP contribution in [0.2, 0.25) is 0 Å². The van der Waals surface area contributed by atoms with Gasteiger partial charge in [-0.2, -0.15) is 13.2 Å². The SMILES string of the molecule is Cc1ccc(CN2CCN(C(=O)OC(C)C(F)(F)F)CC2)c(N2CC3CCC(C2)O3)c1. The molecule has 3 atom stereocenters. The summed E-state index contributed by atoms with van der Waals surface area (Å²) >= 11 is 0. The molecule has 3 aliphatic heterocycles. The first-order chi connectivity index (χ1) is 14.7. The minimum Gasteiger partial charge on any atom is -0.437 e. The van der Waals surface area contributed by atoms with Gasteiger partial charge >= 0.3 is 12.3 Å². The number of nitrogens with zero attached hydrogens (tertiary/aromatic N) is 3. The van der Waals surface area contributed by atoms with Crippen molar-refractivity contribution in [3.8, 4) is 0 Å². The lowest BCUT2D eigenvalue weighted by Crippen LogP contribution is -2.50. The van der Waals surface area contributed by atoms with Crippen LogP contribution in [-0.2, 0) is 16.0 Å². The van der Waals surface area contributed by atoms with Gasteiger partial charge in [-0.25, -0.2) is 4.79 Å². The van der Waals surface area contributed by atoms with E-state index in [1.165, 1.54) is 21.7 Å². The van der Waals surface area contributed by atoms with E-state index in [1.54, 1.807) is 0 Å². The number of rotatable bonds is 4. The van der Waals surface area contributed by atoms with Gasteiger partial charge in [0.15, 0.2) is 6.10 Å². The van der Waals surface area contributed by atoms with E-state index in [0.717, 1.165) is 39.4 Å². The molecule has 172 valence electrons. The molecule has 0 saturated carbocycles. The maximum Gasteiger partial charge on any atom is 0.425 e. The molecule has 31 heavy (non-hydrogen) atoms. The molecule has 0 N–H and O–H groups in total. The molecular weight excluding hydrogens is 411 g/mol. The molecular formula is C22H30F3N3O3. The van der Waals surface area contributed by atoms with Crippen molar-refractivity contribution in [2.45, 2.75) is 57.7 Å². The molecule has 3 unspecified atom stereocenters. The van der Waals surface area contributed by atoms with Gasteiger partial charge in [0.25, 0.3) is 0 Å². The lowest BCUT2D eigenvalue weighted by Gasteiger charge is -2.37. The molecule has 1 amide bonds. The molecule has 1 aromatic carbocycles. The van der Waals surface area contributed by atoms with E-state index < -0.39 is 18.4 Å². The Morgan fingerprint density at radius 1 is 1.16 bits per heavy atom. The lowest BCUT2D eigenvalue weighted by molar-refractivity contribution is -0.200. The van der Waals surface area contributed by atoms with Crippen LogP contribution in [0.15, 0.2) is 18.2 Å². The van der Waals surface area contributed by atoms with Gasteiger partial charge in [-0.05, 0) is 43.9 Å². The zero-order valence-corrected chi connectivity index (χ0v) is 18.0. The van der Waals surface area contributed by atoms with E-state index in [-0.39, 0.29) is 0 Å². The van der Waals surface area contributed by atoms with Crippen LogP contribution in [0.5, 0.6) is 0 Å². The number of amides is 1. The number of carbonyl (C=O) groups is 1. The van der Waals surface area contributed by atoms with Crippen molar-refractivity contribution in [1.82, 2.24) is 9.80 Å². The number of anilines is 1. The summed E-state index contributed by atoms with van der Waals surface area (Å²) in [6.07, 6.45) is -4.69. The minimum absolute atomic E-state index is 0.306. The van der Waals surface area contributed by atoms with Gasteiger partial charge in [0.1, 0.15) is 0 Å². The average molecular weight is 441 g/mol. The lowest BCUT2D eigenvalue weighted by atomic mass is 10.1. The number of fused-ring (bicyclic) bond motifs is 2. The molecule has 3 saturated heterocycles. The molecule has 0 spiro atoms. The second-order valence-electron chi connectivity index (χ2n) is 8.83. The van der Waals surface area contributed by atoms with Gasteiger partial charge in [0.05, 0.1) is 12.2 Å². The summed E-state index contributed by atoms with van der Waals surface area (Å²) in [5.41, 5.74) is 3.68. The average Bonchev–Trinajstić information content (AvgIpc) is 3.06. The van der Waals surface area contributed by atoms with Gasteiger partial charge in [-0.3, -0.25) is 4.90 Å². The van der Waals surface area contributed by atoms with Crippen LogP contribution in [0.3, 0.4) is 0 Å². The second-order valence-corrected chi connectivity index (χ2v) is 8.83. The second kappa shape index (κ2) is 8.86. The predicted octanol–water partition coefficient (Wildman–Crippen LogP) is 3.57. The Morgan fingerprint density at radius 3 is 2.42 bits per heavy atom. The molecule has 1 aromatic rings. The molecule has 3 aliphatic rings. The Labute approximate surface area is 180 Å². The van der Waals surface area contributed by atoms with E-state index in [1.807, 2.05) is 0 Å². The zero-order valence-electron chi connectivity index (χ0n) is 18.0. The maximum absolute atomic E-state index is 12.6. The maximum atomic E-state index is 12.6. The van der Waals surface area contributed by atoms with Crippen molar-refractivity contribution >= 4 is 11.8 Å². The summed E-state index contributed by atoms with van der Waals surface area (Å²) in [6, 6.07) is 6.50. The normalized spacial score (nSPS) is 25.6. The highest BCUT2D eigenvalue weighted by molar-refractivity contribution is 5.68. The first-order valence-corrected chi connectivity index (χ1v) is 10.9. The van der Waals surface area contributed by atoms with E-state index >= 15 is 0 Å². The van der Waals surface area contributed by atoms with Crippen molar-refractivity contribution in [2.75, 3.05) is 44.2 Å². The Morgan fingerprint density at radius 2 is 1.81 bits per heavy atom. The van der Waals surface area contributed by atoms with Crippen molar-refractivity contribution in [2.24, 2.45) is 0 Å². The summed E-state index contributed by atoms with van der Waals surface area (Å²) in [5, 5.41) is 0. The third-order valence-corrected chi connectivity index (χ3v) is 6.39. The molecule has 3 fully saturated rings. The highest BCUT2D eigenvalue weighted by Gasteiger charge is 2.40. The third-order valence-electron chi connectivity index (χ3n) is 6.39. The predicted molar refractivity (Wildman–Crippen MR) is 110 cm³/mol. The van der Waals surface area contributed by atoms with Crippen LogP contribution in [0.1, 0.15) is 30.9 Å². The number of alkyl halides is 3. The molecule has 3 heterocycles. The zero-order chi connectivity index (χ0) is 22.2. The van der Waals surface area contributed by atoms with Gasteiger partial charge in [0, 0.05) is 51.5 Å². The minimum atomic E-state index is -4.54. The largest absolute Gasteiger partial charge is 0.437 e. The van der Waals surface area contributed by atoms with Crippen LogP contribution in [-0.4, -0.2) is 79.6 Å². The van der Waals surface area contributed by atoms with Crippen molar-refractivity contribution in [1.29, 1.82) is 0 Å².